The number of hydrogen-bond acceptors (Lipinski definition) is 6. The zero-order valence-corrected chi connectivity index (χ0v) is 20.7. The van der Waals surface area contributed by atoms with Gasteiger partial charge in [-0.1, -0.05) is 38.1 Å². The third-order valence-electron chi connectivity index (χ3n) is 4.12. The summed E-state index contributed by atoms with van der Waals surface area (Å²) in [5.74, 6) is -0.678. The zero-order chi connectivity index (χ0) is 25.1. The highest BCUT2D eigenvalue weighted by atomic mass is 32.2. The molecule has 0 radical (unpaired) electrons. The molecule has 0 saturated carbocycles. The lowest BCUT2D eigenvalue weighted by atomic mass is 10.0. The van der Waals surface area contributed by atoms with Crippen molar-refractivity contribution in [1.82, 2.24) is 16.0 Å². The van der Waals surface area contributed by atoms with E-state index in [-0.39, 0.29) is 30.3 Å². The molecule has 1 rings (SSSR count). The van der Waals surface area contributed by atoms with Gasteiger partial charge in [0, 0.05) is 24.9 Å². The zero-order valence-electron chi connectivity index (χ0n) is 19.9. The Morgan fingerprint density at radius 2 is 1.70 bits per heavy atom. The number of alkyl carbamates (subject to hydrolysis) is 1. The van der Waals surface area contributed by atoms with Crippen LogP contribution in [0.3, 0.4) is 0 Å². The number of benzene rings is 1. The van der Waals surface area contributed by atoms with Crippen LogP contribution in [-0.2, 0) is 24.2 Å². The van der Waals surface area contributed by atoms with Crippen molar-refractivity contribution in [1.29, 1.82) is 0 Å². The molecule has 184 valence electrons. The van der Waals surface area contributed by atoms with Gasteiger partial charge in [0.2, 0.25) is 11.8 Å². The monoisotopic (exact) mass is 481 g/mol. The summed E-state index contributed by atoms with van der Waals surface area (Å²) in [4.78, 5) is 36.6. The Kier molecular flexibility index (Phi) is 11.1. The fourth-order valence-corrected chi connectivity index (χ4v) is 3.75. The van der Waals surface area contributed by atoms with E-state index in [4.69, 9.17) is 4.74 Å². The van der Waals surface area contributed by atoms with E-state index < -0.39 is 39.4 Å². The number of carbonyl (C=O) groups is 3. The van der Waals surface area contributed by atoms with Gasteiger partial charge in [-0.15, -0.1) is 0 Å². The molecule has 0 bridgehead atoms. The van der Waals surface area contributed by atoms with Gasteiger partial charge in [-0.3, -0.25) is 9.59 Å². The normalized spacial score (nSPS) is 12.9. The van der Waals surface area contributed by atoms with Crippen molar-refractivity contribution >= 4 is 27.7 Å². The van der Waals surface area contributed by atoms with E-state index in [0.717, 1.165) is 5.41 Å². The van der Waals surface area contributed by atoms with Crippen LogP contribution in [-0.4, -0.2) is 51.1 Å². The quantitative estimate of drug-likeness (QED) is 0.445. The molecular formula is C23H35N3O6S. The molecule has 0 saturated heterocycles. The number of sulfone groups is 1. The van der Waals surface area contributed by atoms with Crippen LogP contribution in [0.5, 0.6) is 0 Å². The van der Waals surface area contributed by atoms with E-state index in [1.807, 2.05) is 13.8 Å². The molecule has 0 aliphatic carbocycles. The van der Waals surface area contributed by atoms with Crippen molar-refractivity contribution in [3.8, 4) is 0 Å². The molecule has 0 aliphatic heterocycles. The van der Waals surface area contributed by atoms with Crippen LogP contribution >= 0.6 is 0 Å². The lowest BCUT2D eigenvalue weighted by Crippen LogP contribution is -2.48. The summed E-state index contributed by atoms with van der Waals surface area (Å²) >= 11 is 0. The van der Waals surface area contributed by atoms with Crippen LogP contribution in [0.1, 0.15) is 47.5 Å². The first-order valence-electron chi connectivity index (χ1n) is 10.8. The molecule has 0 spiro atoms. The maximum atomic E-state index is 12.5. The molecule has 1 aromatic carbocycles. The maximum Gasteiger partial charge on any atom is 0.407 e. The third kappa shape index (κ3) is 12.1. The summed E-state index contributed by atoms with van der Waals surface area (Å²) in [5, 5.41) is 8.83. The summed E-state index contributed by atoms with van der Waals surface area (Å²) < 4.78 is 29.6. The van der Waals surface area contributed by atoms with Gasteiger partial charge in [0.25, 0.3) is 0 Å². The van der Waals surface area contributed by atoms with Gasteiger partial charge >= 0.3 is 6.09 Å². The minimum atomic E-state index is -3.59. The van der Waals surface area contributed by atoms with Crippen molar-refractivity contribution in [2.24, 2.45) is 5.92 Å². The van der Waals surface area contributed by atoms with Gasteiger partial charge in [-0.25, -0.2) is 13.2 Å². The fourth-order valence-electron chi connectivity index (χ4n) is 2.71. The van der Waals surface area contributed by atoms with Crippen LogP contribution in [0.4, 0.5) is 4.79 Å². The lowest BCUT2D eigenvalue weighted by Gasteiger charge is -2.21. The van der Waals surface area contributed by atoms with Gasteiger partial charge in [0.15, 0.2) is 9.84 Å². The van der Waals surface area contributed by atoms with E-state index in [1.54, 1.807) is 39.0 Å². The summed E-state index contributed by atoms with van der Waals surface area (Å²) in [6, 6.07) is 7.18. The van der Waals surface area contributed by atoms with E-state index in [1.165, 1.54) is 18.2 Å². The van der Waals surface area contributed by atoms with Gasteiger partial charge in [-0.2, -0.15) is 0 Å². The van der Waals surface area contributed by atoms with Crippen LogP contribution < -0.4 is 16.0 Å². The number of rotatable bonds is 11. The second kappa shape index (κ2) is 13.0. The smallest absolute Gasteiger partial charge is 0.407 e. The standard InChI is InChI=1S/C23H35N3O6S/c1-17(2)16-19(26-20(27)12-14-25-22(29)32-23(3,4)5)21(28)24-13-9-15-33(30,31)18-10-7-6-8-11-18/h6-11,15,17,19H,12-14,16H2,1-5H3,(H,24,28)(H,25,29)(H,26,27)/b15-9+/t19-/m0/s1. The average Bonchev–Trinajstić information content (AvgIpc) is 2.69. The molecule has 0 aromatic heterocycles. The molecule has 3 amide bonds. The Morgan fingerprint density at radius 3 is 2.27 bits per heavy atom. The fraction of sp³-hybridized carbons (Fsp3) is 0.522. The summed E-state index contributed by atoms with van der Waals surface area (Å²) in [7, 11) is -3.59. The topological polar surface area (TPSA) is 131 Å². The van der Waals surface area contributed by atoms with Crippen LogP contribution in [0.25, 0.3) is 0 Å². The Balaban J connectivity index is 2.55. The summed E-state index contributed by atoms with van der Waals surface area (Å²) in [6.07, 6.45) is 1.11. The molecule has 10 heteroatoms. The van der Waals surface area contributed by atoms with Crippen molar-refractivity contribution in [2.45, 2.75) is 64.0 Å². The van der Waals surface area contributed by atoms with Crippen LogP contribution in [0, 0.1) is 5.92 Å². The van der Waals surface area contributed by atoms with Crippen molar-refractivity contribution < 1.29 is 27.5 Å². The van der Waals surface area contributed by atoms with Crippen molar-refractivity contribution in [2.75, 3.05) is 13.1 Å². The molecule has 0 unspecified atom stereocenters. The predicted octanol–water partition coefficient (Wildman–Crippen LogP) is 2.54. The molecule has 0 fully saturated rings. The van der Waals surface area contributed by atoms with Crippen LogP contribution in [0.15, 0.2) is 46.7 Å². The SMILES string of the molecule is CC(C)C[C@H](NC(=O)CCNC(=O)OC(C)(C)C)C(=O)NC/C=C/S(=O)(=O)c1ccccc1. The van der Waals surface area contributed by atoms with E-state index >= 15 is 0 Å². The second-order valence-corrected chi connectivity index (χ2v) is 10.7. The molecule has 9 nitrogen and oxygen atoms in total. The van der Waals surface area contributed by atoms with E-state index in [9.17, 15) is 22.8 Å². The van der Waals surface area contributed by atoms with Gasteiger partial charge in [0.05, 0.1) is 4.90 Å². The predicted molar refractivity (Wildman–Crippen MR) is 126 cm³/mol. The Hall–Kier alpha value is -2.88. The molecule has 3 N–H and O–H groups in total. The summed E-state index contributed by atoms with van der Waals surface area (Å²) in [6.45, 7) is 9.11. The molecule has 1 aromatic rings. The minimum absolute atomic E-state index is 0.00440. The average molecular weight is 482 g/mol. The largest absolute Gasteiger partial charge is 0.444 e. The maximum absolute atomic E-state index is 12.5. The lowest BCUT2D eigenvalue weighted by molar-refractivity contribution is -0.129. The Morgan fingerprint density at radius 1 is 1.06 bits per heavy atom. The number of carbonyl (C=O) groups excluding carboxylic acids is 3. The molecule has 1 atom stereocenters. The van der Waals surface area contributed by atoms with Gasteiger partial charge in [-0.05, 0) is 45.2 Å². The van der Waals surface area contributed by atoms with E-state index in [0.29, 0.717) is 6.42 Å². The Bertz CT molecular complexity index is 921. The second-order valence-electron chi connectivity index (χ2n) is 8.90. The number of hydrogen-bond donors (Lipinski definition) is 3. The number of ether oxygens (including phenoxy) is 1. The third-order valence-corrected chi connectivity index (χ3v) is 5.60. The summed E-state index contributed by atoms with van der Waals surface area (Å²) in [5.41, 5.74) is -0.637. The van der Waals surface area contributed by atoms with Crippen molar-refractivity contribution in [3.05, 3.63) is 41.8 Å². The first kappa shape index (κ1) is 28.2. The van der Waals surface area contributed by atoms with Crippen LogP contribution in [0.2, 0.25) is 0 Å². The molecular weight excluding hydrogens is 446 g/mol. The highest BCUT2D eigenvalue weighted by Gasteiger charge is 2.22. The highest BCUT2D eigenvalue weighted by Crippen LogP contribution is 2.11. The van der Waals surface area contributed by atoms with Gasteiger partial charge < -0.3 is 20.7 Å². The first-order valence-corrected chi connectivity index (χ1v) is 12.4. The Labute approximate surface area is 196 Å². The van der Waals surface area contributed by atoms with E-state index in [2.05, 4.69) is 16.0 Å². The highest BCUT2D eigenvalue weighted by molar-refractivity contribution is 7.94. The molecule has 33 heavy (non-hydrogen) atoms. The molecule has 0 aliphatic rings. The minimum Gasteiger partial charge on any atom is -0.444 e. The molecule has 0 heterocycles. The first-order chi connectivity index (χ1) is 15.3. The van der Waals surface area contributed by atoms with Crippen molar-refractivity contribution in [3.63, 3.8) is 0 Å². The van der Waals surface area contributed by atoms with Gasteiger partial charge in [0.1, 0.15) is 11.6 Å². The number of amides is 3. The number of nitrogens with one attached hydrogen (secondary N) is 3.